The molecule has 3 heterocycles. The quantitative estimate of drug-likeness (QED) is 0.491. The van der Waals surface area contributed by atoms with Gasteiger partial charge in [-0.25, -0.2) is 15.0 Å². The minimum atomic E-state index is -0.498. The highest BCUT2D eigenvalue weighted by Crippen LogP contribution is 2.32. The number of pyridine rings is 2. The molecule has 3 aromatic heterocycles. The number of hydrogen-bond acceptors (Lipinski definition) is 9. The number of nitrogens with one attached hydrogen (secondary N) is 1. The van der Waals surface area contributed by atoms with Gasteiger partial charge >= 0.3 is 0 Å². The van der Waals surface area contributed by atoms with Crippen molar-refractivity contribution in [3.63, 3.8) is 0 Å². The molecule has 0 spiro atoms. The summed E-state index contributed by atoms with van der Waals surface area (Å²) in [7, 11) is 3.40. The normalized spacial score (nSPS) is 13.2. The largest absolute Gasteiger partial charge is 0.491 e. The molecular weight excluding hydrogens is 436 g/mol. The molecular formula is C24H28N6O4. The molecule has 1 atom stereocenters. The van der Waals surface area contributed by atoms with Gasteiger partial charge in [0.1, 0.15) is 29.9 Å². The lowest BCUT2D eigenvalue weighted by atomic mass is 10.2. The standard InChI is InChI=1S/C24H28N6O4/c1-15(24(32)27-16-7-8-21(33-3)26-14-16)30(2)23-18-5-4-6-19(18)28-22(29-23)20-13-17(9-10-25-20)34-12-11-31/h7-10,13-15,31H,4-6,11-12H2,1-3H3,(H,27,32). The van der Waals surface area contributed by atoms with Crippen molar-refractivity contribution in [2.45, 2.75) is 32.2 Å². The second-order valence-corrected chi connectivity index (χ2v) is 7.96. The molecule has 34 heavy (non-hydrogen) atoms. The minimum Gasteiger partial charge on any atom is -0.491 e. The molecule has 0 bridgehead atoms. The number of amides is 1. The number of anilines is 2. The minimum absolute atomic E-state index is 0.0749. The van der Waals surface area contributed by atoms with E-state index in [0.29, 0.717) is 28.8 Å². The molecule has 10 nitrogen and oxygen atoms in total. The summed E-state index contributed by atoms with van der Waals surface area (Å²) in [6.45, 7) is 1.95. The first kappa shape index (κ1) is 23.4. The SMILES string of the molecule is COc1ccc(NC(=O)C(C)N(C)c2nc(-c3cc(OCCO)ccn3)nc3c2CCC3)cn1. The first-order valence-corrected chi connectivity index (χ1v) is 11.1. The lowest BCUT2D eigenvalue weighted by Gasteiger charge is -2.27. The molecule has 0 aromatic carbocycles. The molecule has 0 aliphatic heterocycles. The maximum Gasteiger partial charge on any atom is 0.246 e. The summed E-state index contributed by atoms with van der Waals surface area (Å²) in [6, 6.07) is 6.41. The lowest BCUT2D eigenvalue weighted by molar-refractivity contribution is -0.117. The van der Waals surface area contributed by atoms with E-state index in [0.717, 1.165) is 36.3 Å². The van der Waals surface area contributed by atoms with E-state index in [1.165, 1.54) is 0 Å². The summed E-state index contributed by atoms with van der Waals surface area (Å²) in [5.74, 6) is 2.07. The van der Waals surface area contributed by atoms with Crippen molar-refractivity contribution in [1.82, 2.24) is 19.9 Å². The van der Waals surface area contributed by atoms with Crippen LogP contribution < -0.4 is 19.7 Å². The van der Waals surface area contributed by atoms with Crippen molar-refractivity contribution in [3.8, 4) is 23.1 Å². The number of carbonyl (C=O) groups is 1. The van der Waals surface area contributed by atoms with Crippen LogP contribution in [0.5, 0.6) is 11.6 Å². The number of nitrogens with zero attached hydrogens (tertiary/aromatic N) is 5. The number of aliphatic hydroxyl groups is 1. The Morgan fingerprint density at radius 3 is 2.82 bits per heavy atom. The molecule has 178 valence electrons. The van der Waals surface area contributed by atoms with E-state index in [2.05, 4.69) is 15.3 Å². The van der Waals surface area contributed by atoms with E-state index >= 15 is 0 Å². The van der Waals surface area contributed by atoms with Gasteiger partial charge in [-0.15, -0.1) is 0 Å². The lowest BCUT2D eigenvalue weighted by Crippen LogP contribution is -2.40. The van der Waals surface area contributed by atoms with Crippen LogP contribution in [0.4, 0.5) is 11.5 Å². The Labute approximate surface area is 198 Å². The van der Waals surface area contributed by atoms with Crippen LogP contribution in [0.3, 0.4) is 0 Å². The van der Waals surface area contributed by atoms with Crippen molar-refractivity contribution < 1.29 is 19.4 Å². The summed E-state index contributed by atoms with van der Waals surface area (Å²) in [6.07, 6.45) is 5.88. The third kappa shape index (κ3) is 5.07. The zero-order valence-corrected chi connectivity index (χ0v) is 19.5. The van der Waals surface area contributed by atoms with Gasteiger partial charge in [0.2, 0.25) is 11.8 Å². The average Bonchev–Trinajstić information content (AvgIpc) is 3.35. The van der Waals surface area contributed by atoms with Crippen molar-refractivity contribution >= 4 is 17.4 Å². The summed E-state index contributed by atoms with van der Waals surface area (Å²) in [4.78, 5) is 32.9. The highest BCUT2D eigenvalue weighted by Gasteiger charge is 2.27. The van der Waals surface area contributed by atoms with E-state index < -0.39 is 6.04 Å². The third-order valence-corrected chi connectivity index (χ3v) is 5.74. The number of fused-ring (bicyclic) bond motifs is 1. The van der Waals surface area contributed by atoms with Gasteiger partial charge < -0.3 is 24.8 Å². The number of aryl methyl sites for hydroxylation is 1. The van der Waals surface area contributed by atoms with Crippen LogP contribution in [0.25, 0.3) is 11.5 Å². The molecule has 2 N–H and O–H groups in total. The second-order valence-electron chi connectivity index (χ2n) is 7.96. The van der Waals surface area contributed by atoms with Gasteiger partial charge in [-0.3, -0.25) is 9.78 Å². The molecule has 0 saturated carbocycles. The van der Waals surface area contributed by atoms with Gasteiger partial charge in [-0.2, -0.15) is 0 Å². The summed E-state index contributed by atoms with van der Waals surface area (Å²) in [5.41, 5.74) is 3.19. The van der Waals surface area contributed by atoms with E-state index in [4.69, 9.17) is 24.5 Å². The van der Waals surface area contributed by atoms with Crippen molar-refractivity contribution in [2.24, 2.45) is 0 Å². The molecule has 10 heteroatoms. The molecule has 1 aliphatic carbocycles. The van der Waals surface area contributed by atoms with Crippen molar-refractivity contribution in [1.29, 1.82) is 0 Å². The van der Waals surface area contributed by atoms with Gasteiger partial charge in [-0.1, -0.05) is 0 Å². The first-order chi connectivity index (χ1) is 16.5. The number of hydrogen-bond donors (Lipinski definition) is 2. The van der Waals surface area contributed by atoms with Crippen LogP contribution in [0.15, 0.2) is 36.7 Å². The van der Waals surface area contributed by atoms with E-state index in [-0.39, 0.29) is 19.1 Å². The van der Waals surface area contributed by atoms with Gasteiger partial charge in [0.25, 0.3) is 0 Å². The van der Waals surface area contributed by atoms with Crippen molar-refractivity contribution in [3.05, 3.63) is 47.9 Å². The summed E-state index contributed by atoms with van der Waals surface area (Å²) < 4.78 is 10.6. The Hall–Kier alpha value is -3.79. The Morgan fingerprint density at radius 1 is 1.24 bits per heavy atom. The van der Waals surface area contributed by atoms with Gasteiger partial charge in [0, 0.05) is 36.6 Å². The molecule has 4 rings (SSSR count). The summed E-state index contributed by atoms with van der Waals surface area (Å²) >= 11 is 0. The molecule has 1 unspecified atom stereocenters. The Morgan fingerprint density at radius 2 is 2.09 bits per heavy atom. The number of methoxy groups -OCH3 is 1. The predicted molar refractivity (Wildman–Crippen MR) is 127 cm³/mol. The molecule has 0 saturated heterocycles. The fourth-order valence-electron chi connectivity index (χ4n) is 3.79. The van der Waals surface area contributed by atoms with Crippen LogP contribution in [0.2, 0.25) is 0 Å². The highest BCUT2D eigenvalue weighted by molar-refractivity contribution is 5.96. The zero-order chi connectivity index (χ0) is 24.1. The topological polar surface area (TPSA) is 123 Å². The fourth-order valence-corrected chi connectivity index (χ4v) is 3.79. The van der Waals surface area contributed by atoms with Crippen LogP contribution in [0.1, 0.15) is 24.6 Å². The van der Waals surface area contributed by atoms with E-state index in [9.17, 15) is 4.79 Å². The maximum absolute atomic E-state index is 13.0. The van der Waals surface area contributed by atoms with Crippen LogP contribution in [0, 0.1) is 0 Å². The van der Waals surface area contributed by atoms with E-state index in [1.807, 2.05) is 18.9 Å². The molecule has 1 amide bonds. The van der Waals surface area contributed by atoms with Crippen LogP contribution >= 0.6 is 0 Å². The van der Waals surface area contributed by atoms with Gasteiger partial charge in [0.05, 0.1) is 25.6 Å². The Balaban J connectivity index is 1.59. The van der Waals surface area contributed by atoms with Crippen molar-refractivity contribution in [2.75, 3.05) is 37.6 Å². The predicted octanol–water partition coefficient (Wildman–Crippen LogP) is 2.27. The van der Waals surface area contributed by atoms with E-state index in [1.54, 1.807) is 43.8 Å². The third-order valence-electron chi connectivity index (χ3n) is 5.74. The van der Waals surface area contributed by atoms with Gasteiger partial charge in [-0.05, 0) is 38.3 Å². The Kier molecular flexibility index (Phi) is 7.17. The summed E-state index contributed by atoms with van der Waals surface area (Å²) in [5, 5.41) is 11.9. The molecule has 0 radical (unpaired) electrons. The average molecular weight is 465 g/mol. The number of aromatic nitrogens is 4. The zero-order valence-electron chi connectivity index (χ0n) is 19.5. The van der Waals surface area contributed by atoms with Crippen LogP contribution in [-0.2, 0) is 17.6 Å². The Bertz CT molecular complexity index is 1150. The highest BCUT2D eigenvalue weighted by atomic mass is 16.5. The smallest absolute Gasteiger partial charge is 0.246 e. The number of ether oxygens (including phenoxy) is 2. The molecule has 3 aromatic rings. The fraction of sp³-hybridized carbons (Fsp3) is 0.375. The second kappa shape index (κ2) is 10.4. The van der Waals surface area contributed by atoms with Crippen LogP contribution in [-0.4, -0.2) is 64.4 Å². The molecule has 0 fully saturated rings. The maximum atomic E-state index is 13.0. The monoisotopic (exact) mass is 464 g/mol. The molecule has 1 aliphatic rings. The first-order valence-electron chi connectivity index (χ1n) is 11.1. The number of rotatable bonds is 9. The number of likely N-dealkylation sites (N-methyl/N-ethyl adjacent to an activating group) is 1. The van der Waals surface area contributed by atoms with Gasteiger partial charge in [0.15, 0.2) is 5.82 Å². The number of aliphatic hydroxyl groups excluding tert-OH is 1. The number of carbonyl (C=O) groups excluding carboxylic acids is 1.